The van der Waals surface area contributed by atoms with Crippen molar-refractivity contribution in [3.8, 4) is 5.75 Å². The number of carbonyl (C=O) groups is 1. The van der Waals surface area contributed by atoms with Gasteiger partial charge >= 0.3 is 0 Å². The fourth-order valence-electron chi connectivity index (χ4n) is 3.07. The van der Waals surface area contributed by atoms with E-state index in [1.165, 1.54) is 10.3 Å². The van der Waals surface area contributed by atoms with Gasteiger partial charge in [0.05, 0.1) is 5.52 Å². The fourth-order valence-corrected chi connectivity index (χ4v) is 3.32. The first-order valence-corrected chi connectivity index (χ1v) is 8.67. The maximum Gasteiger partial charge on any atom is 0.267 e. The van der Waals surface area contributed by atoms with E-state index in [2.05, 4.69) is 4.98 Å². The first kappa shape index (κ1) is 17.8. The van der Waals surface area contributed by atoms with Crippen molar-refractivity contribution in [3.63, 3.8) is 0 Å². The molecule has 26 heavy (non-hydrogen) atoms. The van der Waals surface area contributed by atoms with E-state index in [0.717, 1.165) is 5.56 Å². The molecule has 0 spiro atoms. The lowest BCUT2D eigenvalue weighted by Gasteiger charge is -2.21. The average Bonchev–Trinajstić information content (AvgIpc) is 2.63. The molecule has 0 aliphatic carbocycles. The number of benzene rings is 2. The monoisotopic (exact) mass is 366 g/mol. The standard InChI is InChI=1S/C20H18N2O3S/c1-3-22(14-7-5-4-6-8-14)20(25)17-18(23)16-12(2)13(11-26)9-10-15(16)21-19(17)24/h4-11H,3H2,1-2H3,(H2,21,23,24). The van der Waals surface area contributed by atoms with E-state index in [1.807, 2.05) is 25.1 Å². The lowest BCUT2D eigenvalue weighted by molar-refractivity contribution is 0.0984. The number of aryl methyl sites for hydroxylation is 1. The van der Waals surface area contributed by atoms with Crippen LogP contribution >= 0.6 is 12.2 Å². The number of aromatic hydroxyl groups is 1. The smallest absolute Gasteiger partial charge is 0.267 e. The Morgan fingerprint density at radius 2 is 1.92 bits per heavy atom. The highest BCUT2D eigenvalue weighted by molar-refractivity contribution is 7.79. The molecule has 6 heteroatoms. The van der Waals surface area contributed by atoms with Crippen LogP contribution in [0.25, 0.3) is 10.9 Å². The van der Waals surface area contributed by atoms with Crippen molar-refractivity contribution in [1.29, 1.82) is 0 Å². The van der Waals surface area contributed by atoms with E-state index in [0.29, 0.717) is 28.7 Å². The molecule has 3 aromatic rings. The topological polar surface area (TPSA) is 73.4 Å². The molecule has 3 rings (SSSR count). The minimum Gasteiger partial charge on any atom is -0.506 e. The maximum absolute atomic E-state index is 13.0. The van der Waals surface area contributed by atoms with Gasteiger partial charge < -0.3 is 15.0 Å². The van der Waals surface area contributed by atoms with Crippen LogP contribution in [0.3, 0.4) is 0 Å². The third-order valence-electron chi connectivity index (χ3n) is 4.43. The summed E-state index contributed by atoms with van der Waals surface area (Å²) in [6.07, 6.45) is 0. The number of nitrogens with one attached hydrogen (secondary N) is 1. The van der Waals surface area contributed by atoms with E-state index in [4.69, 9.17) is 12.2 Å². The summed E-state index contributed by atoms with van der Waals surface area (Å²) in [5.41, 5.74) is 1.69. The summed E-state index contributed by atoms with van der Waals surface area (Å²) in [6.45, 7) is 3.97. The second-order valence-electron chi connectivity index (χ2n) is 5.88. The van der Waals surface area contributed by atoms with Crippen LogP contribution < -0.4 is 10.5 Å². The summed E-state index contributed by atoms with van der Waals surface area (Å²) in [5, 5.41) is 12.7. The lowest BCUT2D eigenvalue weighted by Crippen LogP contribution is -2.34. The molecular weight excluding hydrogens is 348 g/mol. The summed E-state index contributed by atoms with van der Waals surface area (Å²) in [5.74, 6) is -0.870. The van der Waals surface area contributed by atoms with Crippen LogP contribution in [0, 0.1) is 6.92 Å². The molecule has 1 aromatic heterocycles. The highest BCUT2D eigenvalue weighted by Gasteiger charge is 2.25. The van der Waals surface area contributed by atoms with Gasteiger partial charge in [-0.15, -0.1) is 0 Å². The predicted molar refractivity (Wildman–Crippen MR) is 108 cm³/mol. The first-order chi connectivity index (χ1) is 12.5. The van der Waals surface area contributed by atoms with Crippen molar-refractivity contribution in [2.45, 2.75) is 13.8 Å². The van der Waals surface area contributed by atoms with Crippen molar-refractivity contribution < 1.29 is 9.90 Å². The van der Waals surface area contributed by atoms with Crippen LogP contribution in [-0.4, -0.2) is 27.9 Å². The van der Waals surface area contributed by atoms with Crippen LogP contribution in [0.4, 0.5) is 5.69 Å². The Labute approximate surface area is 155 Å². The Bertz CT molecular complexity index is 1060. The molecule has 5 nitrogen and oxygen atoms in total. The third-order valence-corrected chi connectivity index (χ3v) is 4.68. The predicted octanol–water partition coefficient (Wildman–Crippen LogP) is 3.56. The Kier molecular flexibility index (Phi) is 4.86. The number of hydrogen-bond acceptors (Lipinski definition) is 4. The number of rotatable bonds is 4. The molecule has 1 heterocycles. The molecule has 132 valence electrons. The molecule has 2 aromatic carbocycles. The van der Waals surface area contributed by atoms with E-state index >= 15 is 0 Å². The molecule has 0 saturated heterocycles. The van der Waals surface area contributed by atoms with Crippen molar-refractivity contribution in [2.75, 3.05) is 11.4 Å². The number of pyridine rings is 1. The van der Waals surface area contributed by atoms with Gasteiger partial charge in [0.25, 0.3) is 11.5 Å². The van der Waals surface area contributed by atoms with Gasteiger partial charge in [-0.25, -0.2) is 0 Å². The summed E-state index contributed by atoms with van der Waals surface area (Å²) in [6, 6.07) is 12.5. The molecule has 1 amide bonds. The quantitative estimate of drug-likeness (QED) is 0.693. The van der Waals surface area contributed by atoms with Crippen LogP contribution in [0.15, 0.2) is 47.3 Å². The Morgan fingerprint density at radius 3 is 2.54 bits per heavy atom. The van der Waals surface area contributed by atoms with Gasteiger partial charge in [-0.1, -0.05) is 36.5 Å². The number of anilines is 1. The highest BCUT2D eigenvalue weighted by atomic mass is 32.1. The lowest BCUT2D eigenvalue weighted by atomic mass is 10.0. The van der Waals surface area contributed by atoms with Crippen molar-refractivity contribution in [2.24, 2.45) is 0 Å². The summed E-state index contributed by atoms with van der Waals surface area (Å²) in [7, 11) is 0. The fraction of sp³-hybridized carbons (Fsp3) is 0.150. The van der Waals surface area contributed by atoms with Crippen LogP contribution in [0.5, 0.6) is 5.75 Å². The minimum absolute atomic E-state index is 0.271. The van der Waals surface area contributed by atoms with Gasteiger partial charge in [0.1, 0.15) is 11.3 Å². The van der Waals surface area contributed by atoms with Crippen molar-refractivity contribution >= 4 is 40.1 Å². The number of para-hydroxylation sites is 1. The number of hydrogen-bond donors (Lipinski definition) is 2. The molecule has 2 N–H and O–H groups in total. The Morgan fingerprint density at radius 1 is 1.23 bits per heavy atom. The molecule has 0 unspecified atom stereocenters. The summed E-state index contributed by atoms with van der Waals surface area (Å²) >= 11 is 4.99. The second kappa shape index (κ2) is 7.09. The highest BCUT2D eigenvalue weighted by Crippen LogP contribution is 2.31. The third kappa shape index (κ3) is 2.88. The Balaban J connectivity index is 2.24. The zero-order valence-electron chi connectivity index (χ0n) is 14.4. The molecule has 0 aliphatic heterocycles. The minimum atomic E-state index is -0.621. The van der Waals surface area contributed by atoms with E-state index in [1.54, 1.807) is 31.2 Å². The molecule has 0 radical (unpaired) electrons. The first-order valence-electron chi connectivity index (χ1n) is 8.20. The molecular formula is C20H18N2O3S. The number of fused-ring (bicyclic) bond motifs is 1. The number of thiocarbonyl (C=S) groups is 1. The second-order valence-corrected chi connectivity index (χ2v) is 6.12. The zero-order chi connectivity index (χ0) is 18.8. The largest absolute Gasteiger partial charge is 0.506 e. The van der Waals surface area contributed by atoms with Crippen molar-refractivity contribution in [1.82, 2.24) is 4.98 Å². The number of carbonyl (C=O) groups excluding carboxylic acids is 1. The zero-order valence-corrected chi connectivity index (χ0v) is 15.3. The van der Waals surface area contributed by atoms with E-state index in [-0.39, 0.29) is 11.3 Å². The normalized spacial score (nSPS) is 10.7. The van der Waals surface area contributed by atoms with Gasteiger partial charge in [0, 0.05) is 23.0 Å². The number of nitrogens with zero attached hydrogens (tertiary/aromatic N) is 1. The number of amides is 1. The maximum atomic E-state index is 13.0. The van der Waals surface area contributed by atoms with Gasteiger partial charge in [-0.2, -0.15) is 0 Å². The van der Waals surface area contributed by atoms with Crippen LogP contribution in [-0.2, 0) is 0 Å². The number of aromatic amines is 1. The van der Waals surface area contributed by atoms with E-state index in [9.17, 15) is 14.7 Å². The molecule has 0 saturated carbocycles. The molecule has 0 bridgehead atoms. The van der Waals surface area contributed by atoms with E-state index < -0.39 is 11.5 Å². The van der Waals surface area contributed by atoms with Gasteiger partial charge in [-0.05, 0) is 43.2 Å². The Hall–Kier alpha value is -2.99. The van der Waals surface area contributed by atoms with Crippen molar-refractivity contribution in [3.05, 3.63) is 69.5 Å². The van der Waals surface area contributed by atoms with Crippen LogP contribution in [0.1, 0.15) is 28.4 Å². The van der Waals surface area contributed by atoms with Crippen LogP contribution in [0.2, 0.25) is 0 Å². The molecule has 0 atom stereocenters. The average molecular weight is 366 g/mol. The number of aromatic nitrogens is 1. The number of H-pyrrole nitrogens is 1. The molecule has 0 fully saturated rings. The van der Waals surface area contributed by atoms with Gasteiger partial charge in [0.15, 0.2) is 0 Å². The summed E-state index contributed by atoms with van der Waals surface area (Å²) in [4.78, 5) is 29.7. The van der Waals surface area contributed by atoms with Gasteiger partial charge in [-0.3, -0.25) is 9.59 Å². The van der Waals surface area contributed by atoms with Gasteiger partial charge in [0.2, 0.25) is 0 Å². The molecule has 0 aliphatic rings. The summed E-state index contributed by atoms with van der Waals surface area (Å²) < 4.78 is 0. The SMILES string of the molecule is CCN(C(=O)c1c(O)c2c(C)c(C=S)ccc2[nH]c1=O)c1ccccc1.